The number of hydrogen-bond acceptors (Lipinski definition) is 7. The Bertz CT molecular complexity index is 893. The van der Waals surface area contributed by atoms with Gasteiger partial charge < -0.3 is 20.6 Å². The van der Waals surface area contributed by atoms with Crippen molar-refractivity contribution in [1.82, 2.24) is 4.98 Å². The largest absolute Gasteiger partial charge is 0.396 e. The van der Waals surface area contributed by atoms with Gasteiger partial charge in [0.05, 0.1) is 10.6 Å². The highest BCUT2D eigenvalue weighted by molar-refractivity contribution is 5.69. The number of anilines is 4. The van der Waals surface area contributed by atoms with E-state index in [1.807, 2.05) is 18.7 Å². The molecule has 0 bridgehead atoms. The zero-order valence-corrected chi connectivity index (χ0v) is 17.3. The number of pyridine rings is 1. The third-order valence-electron chi connectivity index (χ3n) is 5.09. The Morgan fingerprint density at radius 1 is 1.37 bits per heavy atom. The van der Waals surface area contributed by atoms with Gasteiger partial charge >= 0.3 is 5.69 Å². The average Bonchev–Trinajstić information content (AvgIpc) is 2.72. The van der Waals surface area contributed by atoms with Crippen molar-refractivity contribution in [2.75, 3.05) is 41.8 Å². The highest BCUT2D eigenvalue weighted by atomic mass is 19.1. The highest BCUT2D eigenvalue weighted by Crippen LogP contribution is 2.31. The first-order chi connectivity index (χ1) is 14.4. The van der Waals surface area contributed by atoms with E-state index < -0.39 is 10.7 Å². The number of halogens is 1. The molecule has 9 heteroatoms. The standard InChI is InChI=1S/C21H28FN5O3/c1-14(2)11-23-20-8-7-19(27(29)30)21(25-20)24-16-5-6-18(17(22)10-16)26-9-3-4-15(12-26)13-28/h5-8,10,14-15,28H,3-4,9,11-13H2,1-2H3,(H2,23,24,25). The van der Waals surface area contributed by atoms with E-state index in [1.54, 1.807) is 18.2 Å². The predicted octanol–water partition coefficient (Wildman–Crippen LogP) is 4.15. The third-order valence-corrected chi connectivity index (χ3v) is 5.09. The summed E-state index contributed by atoms with van der Waals surface area (Å²) in [4.78, 5) is 17.1. The SMILES string of the molecule is CC(C)CNc1ccc([N+](=O)[O-])c(Nc2ccc(N3CCCC(CO)C3)c(F)c2)n1. The number of nitrogens with one attached hydrogen (secondary N) is 2. The summed E-state index contributed by atoms with van der Waals surface area (Å²) in [5.74, 6) is 0.677. The molecule has 1 unspecified atom stereocenters. The minimum atomic E-state index is -0.519. The molecule has 1 aliphatic heterocycles. The number of benzene rings is 1. The van der Waals surface area contributed by atoms with Crippen molar-refractivity contribution in [2.45, 2.75) is 26.7 Å². The average molecular weight is 417 g/mol. The van der Waals surface area contributed by atoms with Crippen LogP contribution >= 0.6 is 0 Å². The fourth-order valence-electron chi connectivity index (χ4n) is 3.51. The second-order valence-corrected chi connectivity index (χ2v) is 8.02. The second kappa shape index (κ2) is 9.71. The first-order valence-electron chi connectivity index (χ1n) is 10.2. The van der Waals surface area contributed by atoms with E-state index in [-0.39, 0.29) is 24.0 Å². The molecule has 162 valence electrons. The van der Waals surface area contributed by atoms with Crippen LogP contribution in [-0.2, 0) is 0 Å². The Labute approximate surface area is 175 Å². The van der Waals surface area contributed by atoms with Crippen LogP contribution < -0.4 is 15.5 Å². The number of hydrogen-bond donors (Lipinski definition) is 3. The van der Waals surface area contributed by atoms with E-state index in [9.17, 15) is 19.6 Å². The van der Waals surface area contributed by atoms with Gasteiger partial charge in [-0.25, -0.2) is 9.37 Å². The van der Waals surface area contributed by atoms with E-state index in [2.05, 4.69) is 15.6 Å². The molecule has 2 aromatic rings. The zero-order chi connectivity index (χ0) is 21.7. The molecular formula is C21H28FN5O3. The van der Waals surface area contributed by atoms with Gasteiger partial charge in [0.1, 0.15) is 11.6 Å². The molecule has 0 saturated carbocycles. The molecule has 30 heavy (non-hydrogen) atoms. The Balaban J connectivity index is 1.80. The number of aromatic nitrogens is 1. The van der Waals surface area contributed by atoms with E-state index in [0.29, 0.717) is 36.2 Å². The molecule has 3 N–H and O–H groups in total. The molecular weight excluding hydrogens is 389 g/mol. The van der Waals surface area contributed by atoms with E-state index in [0.717, 1.165) is 19.4 Å². The number of rotatable bonds is 8. The van der Waals surface area contributed by atoms with Crippen LogP contribution in [0.4, 0.5) is 33.1 Å². The second-order valence-electron chi connectivity index (χ2n) is 8.02. The molecule has 1 aromatic carbocycles. The van der Waals surface area contributed by atoms with Gasteiger partial charge in [-0.3, -0.25) is 10.1 Å². The van der Waals surface area contributed by atoms with Crippen molar-refractivity contribution in [2.24, 2.45) is 11.8 Å². The van der Waals surface area contributed by atoms with Crippen molar-refractivity contribution < 1.29 is 14.4 Å². The van der Waals surface area contributed by atoms with Crippen molar-refractivity contribution in [3.8, 4) is 0 Å². The molecule has 2 heterocycles. The van der Waals surface area contributed by atoms with Gasteiger partial charge in [0.2, 0.25) is 5.82 Å². The molecule has 0 radical (unpaired) electrons. The lowest BCUT2D eigenvalue weighted by Gasteiger charge is -2.33. The molecule has 1 saturated heterocycles. The fourth-order valence-corrected chi connectivity index (χ4v) is 3.51. The summed E-state index contributed by atoms with van der Waals surface area (Å²) in [6, 6.07) is 7.59. The topological polar surface area (TPSA) is 104 Å². The van der Waals surface area contributed by atoms with Crippen LogP contribution in [-0.4, -0.2) is 41.3 Å². The summed E-state index contributed by atoms with van der Waals surface area (Å²) >= 11 is 0. The van der Waals surface area contributed by atoms with Crippen molar-refractivity contribution >= 4 is 28.7 Å². The molecule has 1 fully saturated rings. The zero-order valence-electron chi connectivity index (χ0n) is 17.3. The summed E-state index contributed by atoms with van der Waals surface area (Å²) in [6.07, 6.45) is 1.84. The number of aliphatic hydroxyl groups is 1. The Kier molecular flexibility index (Phi) is 7.04. The van der Waals surface area contributed by atoms with Crippen molar-refractivity contribution in [3.05, 3.63) is 46.3 Å². The van der Waals surface area contributed by atoms with Crippen LogP contribution in [0, 0.1) is 27.8 Å². The molecule has 8 nitrogen and oxygen atoms in total. The van der Waals surface area contributed by atoms with Crippen LogP contribution in [0.2, 0.25) is 0 Å². The summed E-state index contributed by atoms with van der Waals surface area (Å²) in [7, 11) is 0. The van der Waals surface area contributed by atoms with Gasteiger partial charge in [0.25, 0.3) is 0 Å². The molecule has 1 aromatic heterocycles. The van der Waals surface area contributed by atoms with Crippen LogP contribution in [0.15, 0.2) is 30.3 Å². The van der Waals surface area contributed by atoms with E-state index in [4.69, 9.17) is 0 Å². The summed E-state index contributed by atoms with van der Waals surface area (Å²) in [5, 5.41) is 26.8. The fraction of sp³-hybridized carbons (Fsp3) is 0.476. The van der Waals surface area contributed by atoms with Gasteiger partial charge in [-0.05, 0) is 48.9 Å². The quantitative estimate of drug-likeness (QED) is 0.438. The van der Waals surface area contributed by atoms with Crippen LogP contribution in [0.1, 0.15) is 26.7 Å². The molecule has 0 aliphatic carbocycles. The first-order valence-corrected chi connectivity index (χ1v) is 10.2. The van der Waals surface area contributed by atoms with Crippen molar-refractivity contribution in [3.63, 3.8) is 0 Å². The van der Waals surface area contributed by atoms with Crippen LogP contribution in [0.3, 0.4) is 0 Å². The lowest BCUT2D eigenvalue weighted by atomic mass is 9.98. The Morgan fingerprint density at radius 3 is 2.83 bits per heavy atom. The molecule has 1 aliphatic rings. The Hall–Kier alpha value is -2.94. The number of aliphatic hydroxyl groups excluding tert-OH is 1. The normalized spacial score (nSPS) is 16.6. The first kappa shape index (κ1) is 21.8. The van der Waals surface area contributed by atoms with Crippen molar-refractivity contribution in [1.29, 1.82) is 0 Å². The summed E-state index contributed by atoms with van der Waals surface area (Å²) < 4.78 is 14.8. The maximum atomic E-state index is 14.8. The molecule has 0 spiro atoms. The number of nitrogens with zero attached hydrogens (tertiary/aromatic N) is 3. The van der Waals surface area contributed by atoms with E-state index >= 15 is 0 Å². The lowest BCUT2D eigenvalue weighted by molar-refractivity contribution is -0.384. The van der Waals surface area contributed by atoms with Crippen LogP contribution in [0.25, 0.3) is 0 Å². The molecule has 3 rings (SSSR count). The smallest absolute Gasteiger partial charge is 0.311 e. The number of piperidine rings is 1. The maximum absolute atomic E-state index is 14.8. The predicted molar refractivity (Wildman–Crippen MR) is 116 cm³/mol. The minimum absolute atomic E-state index is 0.0548. The Morgan fingerprint density at radius 2 is 2.17 bits per heavy atom. The summed E-state index contributed by atoms with van der Waals surface area (Å²) in [6.45, 7) is 6.21. The monoisotopic (exact) mass is 417 g/mol. The van der Waals surface area contributed by atoms with Gasteiger partial charge in [-0.2, -0.15) is 0 Å². The van der Waals surface area contributed by atoms with Gasteiger partial charge in [0.15, 0.2) is 0 Å². The minimum Gasteiger partial charge on any atom is -0.396 e. The molecule has 1 atom stereocenters. The van der Waals surface area contributed by atoms with E-state index in [1.165, 1.54) is 12.1 Å². The lowest BCUT2D eigenvalue weighted by Crippen LogP contribution is -2.37. The molecule has 0 amide bonds. The third kappa shape index (κ3) is 5.35. The highest BCUT2D eigenvalue weighted by Gasteiger charge is 2.22. The summed E-state index contributed by atoms with van der Waals surface area (Å²) in [5.41, 5.74) is 0.661. The number of nitro groups is 1. The van der Waals surface area contributed by atoms with Gasteiger partial charge in [-0.1, -0.05) is 13.8 Å². The van der Waals surface area contributed by atoms with Gasteiger partial charge in [-0.15, -0.1) is 0 Å². The van der Waals surface area contributed by atoms with Gasteiger partial charge in [0, 0.05) is 38.0 Å². The van der Waals surface area contributed by atoms with Crippen LogP contribution in [0.5, 0.6) is 0 Å². The maximum Gasteiger partial charge on any atom is 0.311 e.